The Morgan fingerprint density at radius 1 is 0.815 bits per heavy atom. The summed E-state index contributed by atoms with van der Waals surface area (Å²) in [6.45, 7) is 0. The van der Waals surface area contributed by atoms with E-state index in [4.69, 9.17) is 18.3 Å². The minimum atomic E-state index is 0.567. The van der Waals surface area contributed by atoms with Gasteiger partial charge in [0.15, 0.2) is 17.3 Å². The Bertz CT molecular complexity index is 1180. The fourth-order valence-electron chi connectivity index (χ4n) is 2.73. The van der Waals surface area contributed by atoms with Crippen LogP contribution in [0.2, 0.25) is 0 Å². The fourth-order valence-corrected chi connectivity index (χ4v) is 3.63. The van der Waals surface area contributed by atoms with Crippen molar-refractivity contribution in [3.8, 4) is 23.1 Å². The first-order chi connectivity index (χ1) is 13.4. The third-order valence-electron chi connectivity index (χ3n) is 3.99. The molecule has 0 aliphatic carbocycles. The minimum Gasteiger partial charge on any atom is -0.461 e. The molecular formula is C20H13N3O3S. The van der Waals surface area contributed by atoms with Gasteiger partial charge in [0.2, 0.25) is 5.76 Å². The normalized spacial score (nSPS) is 11.3. The quantitative estimate of drug-likeness (QED) is 0.299. The van der Waals surface area contributed by atoms with Crippen LogP contribution < -0.4 is 0 Å². The van der Waals surface area contributed by atoms with Crippen LogP contribution in [0.1, 0.15) is 5.69 Å². The van der Waals surface area contributed by atoms with Crippen LogP contribution in [0, 0.1) is 0 Å². The molecule has 0 unspecified atom stereocenters. The second-order valence-electron chi connectivity index (χ2n) is 5.80. The smallest absolute Gasteiger partial charge is 0.202 e. The van der Waals surface area contributed by atoms with E-state index in [1.165, 1.54) is 0 Å². The first kappa shape index (κ1) is 15.9. The van der Waals surface area contributed by atoms with Gasteiger partial charge in [-0.1, -0.05) is 35.1 Å². The highest BCUT2D eigenvalue weighted by atomic mass is 32.2. The van der Waals surface area contributed by atoms with Gasteiger partial charge in [-0.15, -0.1) is 0 Å². The van der Waals surface area contributed by atoms with Gasteiger partial charge in [-0.25, -0.2) is 9.97 Å². The standard InChI is InChI=1S/C20H13N3O3S/c1-2-6-15-14(5-1)20(22-19(21-15)17-8-4-10-25-17)27-12-13-11-18(26-23-13)16-7-3-9-24-16/h1-11H,12H2. The zero-order valence-corrected chi connectivity index (χ0v) is 14.8. The van der Waals surface area contributed by atoms with Gasteiger partial charge in [-0.2, -0.15) is 0 Å². The SMILES string of the molecule is c1coc(-c2nc(SCc3cc(-c4ccco4)on3)c3ccccc3n2)c1. The number of aromatic nitrogens is 3. The number of hydrogen-bond donors (Lipinski definition) is 0. The van der Waals surface area contributed by atoms with Crippen LogP contribution in [0.4, 0.5) is 0 Å². The first-order valence-electron chi connectivity index (χ1n) is 8.30. The molecule has 5 aromatic rings. The zero-order chi connectivity index (χ0) is 18.1. The van der Waals surface area contributed by atoms with Crippen molar-refractivity contribution in [2.24, 2.45) is 0 Å². The Balaban J connectivity index is 1.46. The summed E-state index contributed by atoms with van der Waals surface area (Å²) in [5.41, 5.74) is 1.69. The number of hydrogen-bond acceptors (Lipinski definition) is 7. The highest BCUT2D eigenvalue weighted by Crippen LogP contribution is 2.31. The molecule has 0 spiro atoms. The van der Waals surface area contributed by atoms with Gasteiger partial charge in [0, 0.05) is 17.2 Å². The second-order valence-corrected chi connectivity index (χ2v) is 6.76. The predicted molar refractivity (Wildman–Crippen MR) is 101 cm³/mol. The molecule has 0 amide bonds. The number of fused-ring (bicyclic) bond motifs is 1. The average molecular weight is 375 g/mol. The van der Waals surface area contributed by atoms with Crippen molar-refractivity contribution in [2.45, 2.75) is 10.8 Å². The molecule has 4 aromatic heterocycles. The van der Waals surface area contributed by atoms with Crippen LogP contribution in [0.15, 0.2) is 85.5 Å². The number of furan rings is 2. The topological polar surface area (TPSA) is 78.1 Å². The maximum absolute atomic E-state index is 5.46. The zero-order valence-electron chi connectivity index (χ0n) is 14.0. The van der Waals surface area contributed by atoms with E-state index in [-0.39, 0.29) is 0 Å². The van der Waals surface area contributed by atoms with Crippen LogP contribution in [-0.4, -0.2) is 15.1 Å². The summed E-state index contributed by atoms with van der Waals surface area (Å²) in [6.07, 6.45) is 3.22. The molecule has 1 aromatic carbocycles. The summed E-state index contributed by atoms with van der Waals surface area (Å²) in [7, 11) is 0. The summed E-state index contributed by atoms with van der Waals surface area (Å²) in [5.74, 6) is 3.09. The molecule has 4 heterocycles. The Morgan fingerprint density at radius 3 is 2.44 bits per heavy atom. The third kappa shape index (κ3) is 3.13. The van der Waals surface area contributed by atoms with Crippen molar-refractivity contribution in [1.82, 2.24) is 15.1 Å². The van der Waals surface area contributed by atoms with Gasteiger partial charge in [0.05, 0.1) is 23.7 Å². The molecule has 0 N–H and O–H groups in total. The number of para-hydroxylation sites is 1. The van der Waals surface area contributed by atoms with Crippen molar-refractivity contribution >= 4 is 22.7 Å². The lowest BCUT2D eigenvalue weighted by Gasteiger charge is -2.06. The highest BCUT2D eigenvalue weighted by Gasteiger charge is 2.14. The van der Waals surface area contributed by atoms with E-state index in [0.29, 0.717) is 28.9 Å². The molecular weight excluding hydrogens is 362 g/mol. The summed E-state index contributed by atoms with van der Waals surface area (Å²) in [6, 6.07) is 17.1. The molecule has 5 rings (SSSR count). The summed E-state index contributed by atoms with van der Waals surface area (Å²) < 4.78 is 16.2. The van der Waals surface area contributed by atoms with Crippen molar-refractivity contribution in [3.05, 3.63) is 72.8 Å². The van der Waals surface area contributed by atoms with Crippen molar-refractivity contribution in [3.63, 3.8) is 0 Å². The predicted octanol–water partition coefficient (Wildman–Crippen LogP) is 5.43. The molecule has 0 radical (unpaired) electrons. The molecule has 0 saturated carbocycles. The lowest BCUT2D eigenvalue weighted by atomic mass is 10.2. The van der Waals surface area contributed by atoms with E-state index in [2.05, 4.69) is 10.1 Å². The van der Waals surface area contributed by atoms with Crippen molar-refractivity contribution < 1.29 is 13.4 Å². The van der Waals surface area contributed by atoms with E-state index in [9.17, 15) is 0 Å². The van der Waals surface area contributed by atoms with E-state index in [1.54, 1.807) is 24.3 Å². The molecule has 7 heteroatoms. The van der Waals surface area contributed by atoms with Crippen LogP contribution >= 0.6 is 11.8 Å². The van der Waals surface area contributed by atoms with Gasteiger partial charge < -0.3 is 13.4 Å². The van der Waals surface area contributed by atoms with E-state index < -0.39 is 0 Å². The van der Waals surface area contributed by atoms with Gasteiger partial charge in [0.25, 0.3) is 0 Å². The molecule has 0 aliphatic heterocycles. The molecule has 0 aliphatic rings. The minimum absolute atomic E-state index is 0.567. The molecule has 0 bridgehead atoms. The lowest BCUT2D eigenvalue weighted by molar-refractivity contribution is 0.413. The summed E-state index contributed by atoms with van der Waals surface area (Å²) in [4.78, 5) is 9.30. The Morgan fingerprint density at radius 2 is 1.63 bits per heavy atom. The summed E-state index contributed by atoms with van der Waals surface area (Å²) in [5, 5.41) is 5.98. The molecule has 27 heavy (non-hydrogen) atoms. The molecule has 0 fully saturated rings. The van der Waals surface area contributed by atoms with E-state index in [0.717, 1.165) is 21.6 Å². The third-order valence-corrected chi connectivity index (χ3v) is 5.01. The maximum Gasteiger partial charge on any atom is 0.202 e. The fraction of sp³-hybridized carbons (Fsp3) is 0.0500. The maximum atomic E-state index is 5.46. The highest BCUT2D eigenvalue weighted by molar-refractivity contribution is 7.98. The van der Waals surface area contributed by atoms with Crippen molar-refractivity contribution in [2.75, 3.05) is 0 Å². The molecule has 0 atom stereocenters. The molecule has 6 nitrogen and oxygen atoms in total. The summed E-state index contributed by atoms with van der Waals surface area (Å²) >= 11 is 1.58. The van der Waals surface area contributed by atoms with Crippen LogP contribution in [-0.2, 0) is 5.75 Å². The average Bonchev–Trinajstić information content (AvgIpc) is 3.48. The van der Waals surface area contributed by atoms with Crippen LogP contribution in [0.3, 0.4) is 0 Å². The molecule has 132 valence electrons. The molecule has 0 saturated heterocycles. The van der Waals surface area contributed by atoms with Gasteiger partial charge in [0.1, 0.15) is 5.03 Å². The number of benzene rings is 1. The van der Waals surface area contributed by atoms with Gasteiger partial charge >= 0.3 is 0 Å². The first-order valence-corrected chi connectivity index (χ1v) is 9.28. The number of rotatable bonds is 5. The largest absolute Gasteiger partial charge is 0.461 e. The van der Waals surface area contributed by atoms with Crippen LogP contribution in [0.5, 0.6) is 0 Å². The van der Waals surface area contributed by atoms with Gasteiger partial charge in [-0.3, -0.25) is 0 Å². The number of nitrogens with zero attached hydrogens (tertiary/aromatic N) is 3. The van der Waals surface area contributed by atoms with Crippen molar-refractivity contribution in [1.29, 1.82) is 0 Å². The second kappa shape index (κ2) is 6.77. The Hall–Kier alpha value is -3.32. The van der Waals surface area contributed by atoms with Crippen LogP contribution in [0.25, 0.3) is 34.0 Å². The van der Waals surface area contributed by atoms with Gasteiger partial charge in [-0.05, 0) is 30.3 Å². The van der Waals surface area contributed by atoms with E-state index >= 15 is 0 Å². The lowest BCUT2D eigenvalue weighted by Crippen LogP contribution is -1.93. The Labute approximate surface area is 158 Å². The number of thioether (sulfide) groups is 1. The monoisotopic (exact) mass is 375 g/mol. The Kier molecular flexibility index (Phi) is 3.99. The van der Waals surface area contributed by atoms with E-state index in [1.807, 2.05) is 54.6 Å².